The highest BCUT2D eigenvalue weighted by Crippen LogP contribution is 2.28. The van der Waals surface area contributed by atoms with Gasteiger partial charge in [0, 0.05) is 10.9 Å². The van der Waals surface area contributed by atoms with Crippen LogP contribution in [0.4, 0.5) is 0 Å². The highest BCUT2D eigenvalue weighted by atomic mass is 79.9. The number of rotatable bonds is 10. The predicted molar refractivity (Wildman–Crippen MR) is 121 cm³/mol. The molecular weight excluding hydrogens is 462 g/mol. The molecule has 7 heteroatoms. The van der Waals surface area contributed by atoms with Gasteiger partial charge in [0.15, 0.2) is 17.6 Å². The molecule has 0 radical (unpaired) electrons. The van der Waals surface area contributed by atoms with E-state index < -0.39 is 12.0 Å². The van der Waals surface area contributed by atoms with Crippen LogP contribution in [-0.4, -0.2) is 26.2 Å². The third kappa shape index (κ3) is 7.99. The minimum Gasteiger partial charge on any atom is -0.493 e. The molecule has 1 unspecified atom stereocenters. The van der Waals surface area contributed by atoms with Gasteiger partial charge in [0.1, 0.15) is 13.2 Å². The van der Waals surface area contributed by atoms with Crippen molar-refractivity contribution in [1.82, 2.24) is 5.48 Å². The quantitative estimate of drug-likeness (QED) is 0.403. The Morgan fingerprint density at radius 1 is 1.13 bits per heavy atom. The van der Waals surface area contributed by atoms with E-state index in [4.69, 9.17) is 25.5 Å². The number of amides is 1. The zero-order valence-corrected chi connectivity index (χ0v) is 19.0. The molecule has 0 heterocycles. The summed E-state index contributed by atoms with van der Waals surface area (Å²) in [6.07, 6.45) is 5.15. The van der Waals surface area contributed by atoms with Crippen molar-refractivity contribution < 1.29 is 23.8 Å². The second kappa shape index (κ2) is 13.4. The maximum atomic E-state index is 12.6. The summed E-state index contributed by atoms with van der Waals surface area (Å²) >= 11 is 3.37. The number of terminal acetylenes is 1. The van der Waals surface area contributed by atoms with Gasteiger partial charge in [-0.25, -0.2) is 5.48 Å². The first-order valence-corrected chi connectivity index (χ1v) is 10.4. The molecule has 0 saturated carbocycles. The normalized spacial score (nSPS) is 10.9. The molecule has 2 aromatic rings. The van der Waals surface area contributed by atoms with E-state index in [0.29, 0.717) is 17.1 Å². The highest BCUT2D eigenvalue weighted by Gasteiger charge is 2.21. The van der Waals surface area contributed by atoms with Crippen molar-refractivity contribution in [2.75, 3.05) is 20.3 Å². The molecule has 0 aliphatic rings. The molecule has 1 N–H and O–H groups in total. The van der Waals surface area contributed by atoms with E-state index in [9.17, 15) is 4.79 Å². The van der Waals surface area contributed by atoms with Crippen molar-refractivity contribution in [2.45, 2.75) is 26.1 Å². The van der Waals surface area contributed by atoms with Crippen LogP contribution in [-0.2, 0) is 21.0 Å². The lowest BCUT2D eigenvalue weighted by molar-refractivity contribution is -0.146. The Morgan fingerprint density at radius 2 is 1.90 bits per heavy atom. The molecule has 2 rings (SSSR count). The summed E-state index contributed by atoms with van der Waals surface area (Å²) in [7, 11) is 1.55. The number of carbonyl (C=O) groups excluding carboxylic acids is 1. The van der Waals surface area contributed by atoms with Crippen molar-refractivity contribution in [3.05, 3.63) is 58.1 Å². The fourth-order valence-electron chi connectivity index (χ4n) is 2.55. The minimum absolute atomic E-state index is 0.00452. The molecule has 1 atom stereocenters. The fourth-order valence-corrected chi connectivity index (χ4v) is 2.81. The molecule has 0 saturated heterocycles. The van der Waals surface area contributed by atoms with E-state index in [1.807, 2.05) is 25.1 Å². The smallest absolute Gasteiger partial charge is 0.277 e. The number of ether oxygens (including phenoxy) is 3. The number of halogens is 1. The van der Waals surface area contributed by atoms with Gasteiger partial charge in [-0.1, -0.05) is 52.9 Å². The monoisotopic (exact) mass is 485 g/mol. The molecule has 0 aliphatic heterocycles. The largest absolute Gasteiger partial charge is 0.493 e. The van der Waals surface area contributed by atoms with Crippen LogP contribution in [0.5, 0.6) is 11.5 Å². The summed E-state index contributed by atoms with van der Waals surface area (Å²) in [6.45, 7) is 2.38. The van der Waals surface area contributed by atoms with Crippen molar-refractivity contribution in [3.63, 3.8) is 0 Å². The Kier molecular flexibility index (Phi) is 10.5. The van der Waals surface area contributed by atoms with Crippen LogP contribution >= 0.6 is 15.9 Å². The standard InChI is InChI=1S/C24H24BrNO5/c1-4-6-7-15-29-21-13-8-18(16-22(21)28-3)17-31-26-24(27)23(30-14-5-2)19-9-11-20(25)12-10-19/h2,8-13,16,23H,4,14-15,17H2,1,3H3,(H,26,27). The first-order chi connectivity index (χ1) is 15.1. The lowest BCUT2D eigenvalue weighted by Crippen LogP contribution is -2.31. The lowest BCUT2D eigenvalue weighted by atomic mass is 10.1. The van der Waals surface area contributed by atoms with Gasteiger partial charge >= 0.3 is 0 Å². The van der Waals surface area contributed by atoms with E-state index in [2.05, 4.69) is 39.2 Å². The summed E-state index contributed by atoms with van der Waals surface area (Å²) in [5.74, 6) is 8.90. The molecular formula is C24H24BrNO5. The molecule has 31 heavy (non-hydrogen) atoms. The van der Waals surface area contributed by atoms with Gasteiger partial charge in [-0.3, -0.25) is 9.63 Å². The number of nitrogens with one attached hydrogen (secondary N) is 1. The SMILES string of the molecule is C#CCOC(C(=O)NOCc1ccc(OCC#CCC)c(OC)c1)c1ccc(Br)cc1. The van der Waals surface area contributed by atoms with E-state index in [1.54, 1.807) is 31.4 Å². The summed E-state index contributed by atoms with van der Waals surface area (Å²) in [5.41, 5.74) is 3.87. The van der Waals surface area contributed by atoms with Gasteiger partial charge in [-0.05, 0) is 35.4 Å². The Balaban J connectivity index is 1.96. The first kappa shape index (κ1) is 24.3. The topological polar surface area (TPSA) is 66.0 Å². The first-order valence-electron chi connectivity index (χ1n) is 9.56. The molecule has 2 aromatic carbocycles. The van der Waals surface area contributed by atoms with Gasteiger partial charge in [0.2, 0.25) is 0 Å². The minimum atomic E-state index is -0.890. The van der Waals surface area contributed by atoms with E-state index in [1.165, 1.54) is 0 Å². The molecule has 0 aliphatic carbocycles. The lowest BCUT2D eigenvalue weighted by Gasteiger charge is -2.17. The number of methoxy groups -OCH3 is 1. The van der Waals surface area contributed by atoms with E-state index >= 15 is 0 Å². The zero-order chi connectivity index (χ0) is 22.5. The van der Waals surface area contributed by atoms with E-state index in [-0.39, 0.29) is 19.8 Å². The Morgan fingerprint density at radius 3 is 2.58 bits per heavy atom. The second-order valence-electron chi connectivity index (χ2n) is 6.18. The molecule has 0 bridgehead atoms. The average Bonchev–Trinajstić information content (AvgIpc) is 2.78. The number of hydrogen-bond donors (Lipinski definition) is 1. The molecule has 1 amide bonds. The molecule has 0 spiro atoms. The summed E-state index contributed by atoms with van der Waals surface area (Å²) < 4.78 is 17.4. The fraction of sp³-hybridized carbons (Fsp3) is 0.292. The van der Waals surface area contributed by atoms with Crippen molar-refractivity contribution in [3.8, 4) is 35.7 Å². The number of carbonyl (C=O) groups is 1. The predicted octanol–water partition coefficient (Wildman–Crippen LogP) is 4.19. The van der Waals surface area contributed by atoms with Crippen LogP contribution in [0.15, 0.2) is 46.9 Å². The van der Waals surface area contributed by atoms with Gasteiger partial charge < -0.3 is 14.2 Å². The maximum Gasteiger partial charge on any atom is 0.277 e. The van der Waals surface area contributed by atoms with Crippen molar-refractivity contribution in [1.29, 1.82) is 0 Å². The van der Waals surface area contributed by atoms with Crippen molar-refractivity contribution in [2.24, 2.45) is 0 Å². The summed E-state index contributed by atoms with van der Waals surface area (Å²) in [4.78, 5) is 18.0. The van der Waals surface area contributed by atoms with Crippen LogP contribution < -0.4 is 15.0 Å². The summed E-state index contributed by atoms with van der Waals surface area (Å²) in [6, 6.07) is 12.6. The number of hydrogen-bond acceptors (Lipinski definition) is 5. The van der Waals surface area contributed by atoms with Crippen LogP contribution in [0.2, 0.25) is 0 Å². The second-order valence-corrected chi connectivity index (χ2v) is 7.10. The van der Waals surface area contributed by atoms with Gasteiger partial charge in [-0.2, -0.15) is 0 Å². The summed E-state index contributed by atoms with van der Waals surface area (Å²) in [5, 5.41) is 0. The number of benzene rings is 2. The number of hydroxylamine groups is 1. The Bertz CT molecular complexity index is 957. The van der Waals surface area contributed by atoms with E-state index in [0.717, 1.165) is 16.5 Å². The average molecular weight is 486 g/mol. The Hall–Kier alpha value is -2.97. The molecule has 6 nitrogen and oxygen atoms in total. The molecule has 0 aromatic heterocycles. The van der Waals surface area contributed by atoms with Gasteiger partial charge in [-0.15, -0.1) is 12.3 Å². The van der Waals surface area contributed by atoms with Crippen molar-refractivity contribution >= 4 is 21.8 Å². The van der Waals surface area contributed by atoms with Crippen LogP contribution in [0.1, 0.15) is 30.6 Å². The molecule has 0 fully saturated rings. The highest BCUT2D eigenvalue weighted by molar-refractivity contribution is 9.10. The maximum absolute atomic E-state index is 12.6. The van der Waals surface area contributed by atoms with Gasteiger partial charge in [0.05, 0.1) is 13.7 Å². The zero-order valence-electron chi connectivity index (χ0n) is 17.4. The van der Waals surface area contributed by atoms with Gasteiger partial charge in [0.25, 0.3) is 5.91 Å². The Labute approximate surface area is 191 Å². The molecule has 162 valence electrons. The van der Waals surface area contributed by atoms with Crippen LogP contribution in [0, 0.1) is 24.2 Å². The third-order valence-corrected chi connectivity index (χ3v) is 4.51. The third-order valence-electron chi connectivity index (χ3n) is 3.99. The van der Waals surface area contributed by atoms with Crippen LogP contribution in [0.3, 0.4) is 0 Å². The van der Waals surface area contributed by atoms with Crippen LogP contribution in [0.25, 0.3) is 0 Å².